The standard InChI is InChI=1S/C11H12FN3O4S/c1-2-8-10(17)14-9(16)6-15(8)20(18,19)11-7(12)4-3-5-13-11/h3-5,8H,2,6H2,1H3,(H,14,16,17). The molecule has 1 aromatic rings. The molecule has 2 heterocycles. The van der Waals surface area contributed by atoms with Gasteiger partial charge >= 0.3 is 0 Å². The van der Waals surface area contributed by atoms with Crippen molar-refractivity contribution in [3.63, 3.8) is 0 Å². The average Bonchev–Trinajstić information content (AvgIpc) is 2.38. The van der Waals surface area contributed by atoms with Gasteiger partial charge in [0.1, 0.15) is 6.04 Å². The van der Waals surface area contributed by atoms with E-state index >= 15 is 0 Å². The van der Waals surface area contributed by atoms with Crippen molar-refractivity contribution in [3.05, 3.63) is 24.1 Å². The summed E-state index contributed by atoms with van der Waals surface area (Å²) < 4.78 is 39.0. The number of hydrogen-bond acceptors (Lipinski definition) is 5. The lowest BCUT2D eigenvalue weighted by molar-refractivity contribution is -0.137. The first-order valence-electron chi connectivity index (χ1n) is 5.84. The van der Waals surface area contributed by atoms with E-state index in [2.05, 4.69) is 10.3 Å². The molecule has 1 aliphatic rings. The van der Waals surface area contributed by atoms with Gasteiger partial charge < -0.3 is 0 Å². The van der Waals surface area contributed by atoms with Crippen LogP contribution >= 0.6 is 0 Å². The summed E-state index contributed by atoms with van der Waals surface area (Å²) in [7, 11) is -4.35. The molecule has 0 aliphatic carbocycles. The van der Waals surface area contributed by atoms with Gasteiger partial charge in [0.25, 0.3) is 10.0 Å². The second-order valence-electron chi connectivity index (χ2n) is 4.18. The summed E-state index contributed by atoms with van der Waals surface area (Å²) in [6.45, 7) is 1.06. The topological polar surface area (TPSA) is 96.4 Å². The van der Waals surface area contributed by atoms with Crippen molar-refractivity contribution in [1.29, 1.82) is 0 Å². The molecule has 1 aliphatic heterocycles. The van der Waals surface area contributed by atoms with Crippen LogP contribution in [0.5, 0.6) is 0 Å². The molecule has 0 spiro atoms. The van der Waals surface area contributed by atoms with Crippen LogP contribution in [0.25, 0.3) is 0 Å². The Morgan fingerprint density at radius 1 is 1.50 bits per heavy atom. The normalized spacial score (nSPS) is 20.8. The molecule has 1 fully saturated rings. The third-order valence-corrected chi connectivity index (χ3v) is 4.67. The van der Waals surface area contributed by atoms with Gasteiger partial charge in [0.05, 0.1) is 6.54 Å². The lowest BCUT2D eigenvalue weighted by Gasteiger charge is -2.31. The summed E-state index contributed by atoms with van der Waals surface area (Å²) in [6, 6.07) is 1.14. The summed E-state index contributed by atoms with van der Waals surface area (Å²) in [5.41, 5.74) is 0. The summed E-state index contributed by atoms with van der Waals surface area (Å²) >= 11 is 0. The van der Waals surface area contributed by atoms with Gasteiger partial charge in [0, 0.05) is 6.20 Å². The Hall–Kier alpha value is -1.87. The largest absolute Gasteiger partial charge is 0.294 e. The third kappa shape index (κ3) is 2.41. The SMILES string of the molecule is CCC1C(=O)NC(=O)CN1S(=O)(=O)c1ncccc1F. The number of sulfonamides is 1. The fourth-order valence-electron chi connectivity index (χ4n) is 1.96. The number of carbonyl (C=O) groups excluding carboxylic acids is 2. The minimum absolute atomic E-state index is 0.160. The fourth-order valence-corrected chi connectivity index (χ4v) is 3.55. The van der Waals surface area contributed by atoms with E-state index in [9.17, 15) is 22.4 Å². The van der Waals surface area contributed by atoms with Crippen LogP contribution in [0.1, 0.15) is 13.3 Å². The van der Waals surface area contributed by atoms with Crippen molar-refractivity contribution < 1.29 is 22.4 Å². The van der Waals surface area contributed by atoms with Gasteiger partial charge in [0.2, 0.25) is 16.8 Å². The van der Waals surface area contributed by atoms with Gasteiger partial charge in [-0.2, -0.15) is 4.31 Å². The number of halogens is 1. The van der Waals surface area contributed by atoms with E-state index in [1.807, 2.05) is 0 Å². The number of nitrogens with zero attached hydrogens (tertiary/aromatic N) is 2. The van der Waals surface area contributed by atoms with Gasteiger partial charge in [-0.3, -0.25) is 14.9 Å². The summed E-state index contributed by atoms with van der Waals surface area (Å²) in [5.74, 6) is -2.50. The lowest BCUT2D eigenvalue weighted by Crippen LogP contribution is -2.59. The van der Waals surface area contributed by atoms with E-state index in [0.29, 0.717) is 4.31 Å². The number of piperazine rings is 1. The number of aromatic nitrogens is 1. The van der Waals surface area contributed by atoms with Crippen molar-refractivity contribution in [2.75, 3.05) is 6.54 Å². The zero-order valence-corrected chi connectivity index (χ0v) is 11.4. The van der Waals surface area contributed by atoms with Crippen LogP contribution in [0.3, 0.4) is 0 Å². The maximum Gasteiger partial charge on any atom is 0.264 e. The van der Waals surface area contributed by atoms with E-state index in [0.717, 1.165) is 12.3 Å². The number of amides is 2. The van der Waals surface area contributed by atoms with E-state index in [1.165, 1.54) is 6.07 Å². The zero-order chi connectivity index (χ0) is 14.9. The third-order valence-electron chi connectivity index (χ3n) is 2.88. The lowest BCUT2D eigenvalue weighted by atomic mass is 10.2. The Balaban J connectivity index is 2.49. The average molecular weight is 301 g/mol. The molecule has 108 valence electrons. The molecular formula is C11H12FN3O4S. The van der Waals surface area contributed by atoms with Gasteiger partial charge in [-0.25, -0.2) is 17.8 Å². The minimum Gasteiger partial charge on any atom is -0.294 e. The van der Waals surface area contributed by atoms with E-state index in [-0.39, 0.29) is 6.42 Å². The van der Waals surface area contributed by atoms with Crippen LogP contribution in [0.2, 0.25) is 0 Å². The highest BCUT2D eigenvalue weighted by atomic mass is 32.2. The Morgan fingerprint density at radius 3 is 2.80 bits per heavy atom. The van der Waals surface area contributed by atoms with Crippen molar-refractivity contribution in [1.82, 2.24) is 14.6 Å². The van der Waals surface area contributed by atoms with Crippen molar-refractivity contribution in [2.45, 2.75) is 24.4 Å². The smallest absolute Gasteiger partial charge is 0.264 e. The molecule has 0 bridgehead atoms. The molecule has 2 rings (SSSR count). The van der Waals surface area contributed by atoms with Crippen LogP contribution in [-0.2, 0) is 19.6 Å². The second kappa shape index (κ2) is 5.25. The number of rotatable bonds is 3. The molecule has 0 radical (unpaired) electrons. The molecule has 1 unspecified atom stereocenters. The van der Waals surface area contributed by atoms with Gasteiger partial charge in [-0.15, -0.1) is 0 Å². The van der Waals surface area contributed by atoms with Crippen molar-refractivity contribution in [3.8, 4) is 0 Å². The molecule has 1 aromatic heterocycles. The van der Waals surface area contributed by atoms with Gasteiger partial charge in [0.15, 0.2) is 5.82 Å². The molecule has 1 N–H and O–H groups in total. The van der Waals surface area contributed by atoms with Gasteiger partial charge in [-0.1, -0.05) is 6.92 Å². The molecule has 9 heteroatoms. The first-order chi connectivity index (χ1) is 9.37. The molecule has 2 amide bonds. The molecule has 20 heavy (non-hydrogen) atoms. The highest BCUT2D eigenvalue weighted by Gasteiger charge is 2.42. The monoisotopic (exact) mass is 301 g/mol. The highest BCUT2D eigenvalue weighted by molar-refractivity contribution is 7.89. The highest BCUT2D eigenvalue weighted by Crippen LogP contribution is 2.21. The van der Waals surface area contributed by atoms with Crippen molar-refractivity contribution in [2.24, 2.45) is 0 Å². The summed E-state index contributed by atoms with van der Waals surface area (Å²) in [6.07, 6.45) is 1.29. The fraction of sp³-hybridized carbons (Fsp3) is 0.364. The van der Waals surface area contributed by atoms with Gasteiger partial charge in [-0.05, 0) is 18.6 Å². The first-order valence-corrected chi connectivity index (χ1v) is 7.28. The maximum absolute atomic E-state index is 13.6. The second-order valence-corrected chi connectivity index (χ2v) is 5.98. The van der Waals surface area contributed by atoms with Crippen LogP contribution < -0.4 is 5.32 Å². The molecule has 0 saturated carbocycles. The number of carbonyl (C=O) groups is 2. The Kier molecular flexibility index (Phi) is 3.82. The number of imide groups is 1. The maximum atomic E-state index is 13.6. The van der Waals surface area contributed by atoms with Crippen LogP contribution in [0.15, 0.2) is 23.4 Å². The molecule has 7 nitrogen and oxygen atoms in total. The predicted octanol–water partition coefficient (Wildman–Crippen LogP) is -0.354. The molecule has 1 saturated heterocycles. The first kappa shape index (κ1) is 14.5. The molecule has 1 atom stereocenters. The number of hydrogen-bond donors (Lipinski definition) is 1. The zero-order valence-electron chi connectivity index (χ0n) is 10.5. The van der Waals surface area contributed by atoms with Crippen molar-refractivity contribution >= 4 is 21.8 Å². The molecular weight excluding hydrogens is 289 g/mol. The summed E-state index contributed by atoms with van der Waals surface area (Å²) in [5, 5.41) is 1.26. The molecule has 0 aromatic carbocycles. The predicted molar refractivity (Wildman–Crippen MR) is 65.3 cm³/mol. The van der Waals surface area contributed by atoms with E-state index < -0.39 is 45.3 Å². The number of nitrogens with one attached hydrogen (secondary N) is 1. The Morgan fingerprint density at radius 2 is 2.20 bits per heavy atom. The minimum atomic E-state index is -4.35. The van der Waals surface area contributed by atoms with Crippen LogP contribution in [0, 0.1) is 5.82 Å². The van der Waals surface area contributed by atoms with E-state index in [4.69, 9.17) is 0 Å². The quantitative estimate of drug-likeness (QED) is 0.770. The van der Waals surface area contributed by atoms with Crippen LogP contribution in [-0.4, -0.2) is 42.1 Å². The summed E-state index contributed by atoms with van der Waals surface area (Å²) in [4.78, 5) is 26.5. The number of pyridine rings is 1. The Bertz CT molecular complexity index is 661. The Labute approximate surface area is 114 Å². The van der Waals surface area contributed by atoms with E-state index in [1.54, 1.807) is 6.92 Å². The van der Waals surface area contributed by atoms with Crippen LogP contribution in [0.4, 0.5) is 4.39 Å².